The molecule has 8 aromatic carbocycles. The largest absolute Gasteiger partial charge is 0.480 e. The lowest BCUT2D eigenvalue weighted by Crippen LogP contribution is -2.37. The Hall–Kier alpha value is -12.6. The molecule has 12 N–H and O–H groups in total. The minimum absolute atomic E-state index is 0.00356. The van der Waals surface area contributed by atoms with Crippen molar-refractivity contribution in [3.05, 3.63) is 134 Å². The standard InChI is InChI=1S/C78H12O24/c79-49(80)73(50(81)82)61-25-1-2-27(61)7-9-36-16-13-31(64(36,61)73)6-4(25)29-3-5-30-11-12-35-10-8(28(2)63(35)62(30,26(1)3)74(63,51(83)84)52(85)86)34(7)67-37(9)19-21-46-22-20(38(10)68(46,67)76(67,55(91)92)56(93)94)40(12)69-39(11)14-17-43-18-15(33(6)65(29)66(43,32(5)14)75(65,53(87)88)54(89)90)41(13)70-45(18)23-24(47(21)71(70,42(16)19)78(70,59(99)100)60(101)102)48(22)72(69,44(17)23)77(69,57(95)96)58(97)98/h(H,79,80)(H,81,82)(H,83,84)(H,85,86)(H,87,88)(H,89,90)(H,91,92)(H,93,94)(H,95,96)(H,97,98)(H,99,100)(H,101,102). The molecule has 0 atom stereocenters. The molecule has 0 bridgehead atoms. The van der Waals surface area contributed by atoms with Crippen molar-refractivity contribution in [3.8, 4) is 134 Å². The van der Waals surface area contributed by atoms with Gasteiger partial charge in [0.25, 0.3) is 0 Å². The van der Waals surface area contributed by atoms with Gasteiger partial charge in [-0.05, 0) is 267 Å². The molecule has 6 fully saturated rings. The van der Waals surface area contributed by atoms with Gasteiger partial charge < -0.3 is 61.3 Å². The summed E-state index contributed by atoms with van der Waals surface area (Å²) in [6.45, 7) is 0. The molecule has 24 nitrogen and oxygen atoms in total. The fraction of sp³-hybridized carbons (Fsp3) is 0.231. The minimum Gasteiger partial charge on any atom is -0.480 e. The maximum Gasteiger partial charge on any atom is 0.323 e. The van der Waals surface area contributed by atoms with Crippen LogP contribution in [0.4, 0.5) is 0 Å². The summed E-state index contributed by atoms with van der Waals surface area (Å²) >= 11 is 0. The number of hydrogen-bond acceptors (Lipinski definition) is 12. The Kier molecular flexibility index (Phi) is 3.88. The highest BCUT2D eigenvalue weighted by atomic mass is 16.4. The molecule has 24 heteroatoms. The van der Waals surface area contributed by atoms with E-state index in [-0.39, 0.29) is 267 Å². The van der Waals surface area contributed by atoms with Gasteiger partial charge in [-0.3, -0.25) is 57.5 Å². The molecule has 0 aliphatic heterocycles. The molecule has 6 saturated carbocycles. The third-order valence-corrected chi connectivity index (χ3v) is 37.6. The topological polar surface area (TPSA) is 448 Å². The molecular weight excluding hydrogens is 1320 g/mol. The zero-order valence-electron chi connectivity index (χ0n) is 49.3. The van der Waals surface area contributed by atoms with Gasteiger partial charge in [-0.25, -0.2) is 0 Å². The van der Waals surface area contributed by atoms with Crippen LogP contribution in [-0.4, -0.2) is 133 Å². The van der Waals surface area contributed by atoms with E-state index in [4.69, 9.17) is 0 Å². The van der Waals surface area contributed by atoms with Crippen molar-refractivity contribution in [1.29, 1.82) is 0 Å². The van der Waals surface area contributed by atoms with E-state index >= 15 is 57.5 Å². The van der Waals surface area contributed by atoms with Crippen molar-refractivity contribution in [3.63, 3.8) is 0 Å². The van der Waals surface area contributed by atoms with Crippen LogP contribution in [0.1, 0.15) is 134 Å². The van der Waals surface area contributed by atoms with Crippen LogP contribution < -0.4 is 0 Å². The number of hydrogen-bond donors (Lipinski definition) is 12. The smallest absolute Gasteiger partial charge is 0.323 e. The Morgan fingerprint density at radius 3 is 0.206 bits per heavy atom. The van der Waals surface area contributed by atoms with E-state index in [1.54, 1.807) is 0 Å². The molecule has 0 aromatic heterocycles. The van der Waals surface area contributed by atoms with E-state index < -0.39 is 169 Å². The summed E-state index contributed by atoms with van der Waals surface area (Å²) in [6.07, 6.45) is 0. The maximum atomic E-state index is 16.4. The molecule has 0 heterocycles. The van der Waals surface area contributed by atoms with Crippen LogP contribution in [0.2, 0.25) is 0 Å². The van der Waals surface area contributed by atoms with E-state index in [0.29, 0.717) is 0 Å². The molecule has 468 valence electrons. The summed E-state index contributed by atoms with van der Waals surface area (Å²) in [5.41, 5.74) is -53.4. The molecular formula is C78H12O24. The normalized spacial score (nSPS) is 39.3. The van der Waals surface area contributed by atoms with Gasteiger partial charge in [0.05, 0.1) is 65.0 Å². The van der Waals surface area contributed by atoms with Gasteiger partial charge in [0.2, 0.25) is 0 Å². The Morgan fingerprint density at radius 1 is 0.118 bits per heavy atom. The zero-order chi connectivity index (χ0) is 67.6. The number of aliphatic carboxylic acids is 12. The summed E-state index contributed by atoms with van der Waals surface area (Å²) in [7, 11) is 0. The van der Waals surface area contributed by atoms with Crippen LogP contribution in [0.3, 0.4) is 0 Å². The molecule has 0 radical (unpaired) electrons. The van der Waals surface area contributed by atoms with Crippen molar-refractivity contribution in [2.24, 2.45) is 32.5 Å². The average molecular weight is 1330 g/mol. The Morgan fingerprint density at radius 2 is 0.167 bits per heavy atom. The minimum atomic E-state index is -3.25. The van der Waals surface area contributed by atoms with E-state index in [2.05, 4.69) is 0 Å². The van der Waals surface area contributed by atoms with Crippen LogP contribution in [0, 0.1) is 32.5 Å². The maximum absolute atomic E-state index is 16.4. The van der Waals surface area contributed by atoms with Crippen LogP contribution >= 0.6 is 0 Å². The highest BCUT2D eigenvalue weighted by Gasteiger charge is 3.18. The number of carbonyl (C=O) groups is 12. The first-order valence-corrected chi connectivity index (χ1v) is 33.6. The number of benzene rings is 8. The third kappa shape index (κ3) is 1.85. The quantitative estimate of drug-likeness (QED) is 0.0778. The van der Waals surface area contributed by atoms with Crippen LogP contribution in [0.15, 0.2) is 0 Å². The number of carboxylic acids is 12. The summed E-state index contributed by atoms with van der Waals surface area (Å²) < 4.78 is 0. The second-order valence-corrected chi connectivity index (χ2v) is 35.2. The second-order valence-electron chi connectivity index (χ2n) is 35.2. The lowest BCUT2D eigenvalue weighted by atomic mass is 9.63. The highest BCUT2D eigenvalue weighted by Crippen LogP contribution is 3.16. The first kappa shape index (κ1) is 44.4. The predicted octanol–water partition coefficient (Wildman–Crippen LogP) is 3.55. The van der Waals surface area contributed by atoms with E-state index in [1.165, 1.54) is 0 Å². The SMILES string of the molecule is O=C(O)C1(C(=O)O)C23c4c5c6c7c8c4-c4c2c2c9c%10c4C4%11c%12c-%10c%10c%13c%14c%12-c%12c(c-7c7c%15c%12C%14%12C(C(=O)O)(C(=O)O)C%12%14c%12c%16c%17c%18c(c%12-%15)C7%12C(C(=O)O)(C(=O)O)C6%12c6c-5c5c7c(c6-%18)C%176C(C(=O)O)(C(=O)O)C6%12c6c-7c(c-2c2c6-c6c%12c-%16c%14c-%13c6C%106C(C(=O)O)(C(=O)O)C926)C513)C84C%11(C(=O)O)C(=O)O. The summed E-state index contributed by atoms with van der Waals surface area (Å²) in [5.74, 6) is -23.2. The first-order chi connectivity index (χ1) is 48.7. The fourth-order valence-corrected chi connectivity index (χ4v) is 39.3. The van der Waals surface area contributed by atoms with Crippen molar-refractivity contribution in [1.82, 2.24) is 0 Å². The Labute approximate surface area is 552 Å². The van der Waals surface area contributed by atoms with Gasteiger partial charge in [-0.15, -0.1) is 0 Å². The van der Waals surface area contributed by atoms with Gasteiger partial charge in [0, 0.05) is 0 Å². The molecule has 0 saturated heterocycles. The van der Waals surface area contributed by atoms with Crippen molar-refractivity contribution in [2.45, 2.75) is 65.0 Å². The third-order valence-electron chi connectivity index (χ3n) is 37.6. The van der Waals surface area contributed by atoms with Crippen LogP contribution in [0.25, 0.3) is 134 Å². The number of carboxylic acid groups (broad SMARTS) is 12. The molecule has 12 spiro atoms. The van der Waals surface area contributed by atoms with Crippen LogP contribution in [0.5, 0.6) is 0 Å². The molecule has 0 unspecified atom stereocenters. The van der Waals surface area contributed by atoms with Gasteiger partial charge in [-0.1, -0.05) is 0 Å². The Bertz CT molecular complexity index is 5670. The fourth-order valence-electron chi connectivity index (χ4n) is 39.3. The highest BCUT2D eigenvalue weighted by molar-refractivity contribution is 6.46. The molecule has 0 amide bonds. The summed E-state index contributed by atoms with van der Waals surface area (Å²) in [4.78, 5) is 196. The lowest BCUT2D eigenvalue weighted by molar-refractivity contribution is -0.160. The van der Waals surface area contributed by atoms with Crippen molar-refractivity contribution in [2.75, 3.05) is 0 Å². The molecule has 30 aliphatic rings. The Balaban J connectivity index is 0.995. The van der Waals surface area contributed by atoms with Gasteiger partial charge in [0.1, 0.15) is 0 Å². The lowest BCUT2D eigenvalue weighted by Gasteiger charge is -2.37. The number of rotatable bonds is 12. The monoisotopic (exact) mass is 1330 g/mol. The first-order valence-electron chi connectivity index (χ1n) is 33.6. The van der Waals surface area contributed by atoms with E-state index in [0.717, 1.165) is 0 Å². The zero-order valence-corrected chi connectivity index (χ0v) is 49.3. The van der Waals surface area contributed by atoms with E-state index in [1.807, 2.05) is 0 Å². The average Bonchev–Trinajstić information content (AvgIpc) is 1.31. The predicted molar refractivity (Wildman–Crippen MR) is 315 cm³/mol. The van der Waals surface area contributed by atoms with Crippen LogP contribution in [-0.2, 0) is 123 Å². The molecule has 38 rings (SSSR count). The van der Waals surface area contributed by atoms with E-state index in [9.17, 15) is 61.3 Å². The molecule has 102 heavy (non-hydrogen) atoms. The second kappa shape index (κ2) is 8.90. The molecule has 30 aliphatic carbocycles. The van der Waals surface area contributed by atoms with Gasteiger partial charge >= 0.3 is 71.6 Å². The van der Waals surface area contributed by atoms with Crippen molar-refractivity contribution < 1.29 is 119 Å². The summed E-state index contributed by atoms with van der Waals surface area (Å²) in [6, 6.07) is 0. The summed E-state index contributed by atoms with van der Waals surface area (Å²) in [5, 5.41) is 159. The van der Waals surface area contributed by atoms with Crippen molar-refractivity contribution >= 4 is 71.6 Å². The molecule has 8 aromatic rings. The van der Waals surface area contributed by atoms with Gasteiger partial charge in [-0.2, -0.15) is 0 Å². The van der Waals surface area contributed by atoms with Gasteiger partial charge in [0.15, 0.2) is 32.5 Å².